The second-order valence-corrected chi connectivity index (χ2v) is 6.18. The van der Waals surface area contributed by atoms with Crippen LogP contribution in [0.1, 0.15) is 18.4 Å². The van der Waals surface area contributed by atoms with Gasteiger partial charge in [0.05, 0.1) is 5.92 Å². The van der Waals surface area contributed by atoms with Gasteiger partial charge >= 0.3 is 5.97 Å². The number of likely N-dealkylation sites (tertiary alicyclic amines) is 1. The average molecular weight is 306 g/mol. The summed E-state index contributed by atoms with van der Waals surface area (Å²) in [6.07, 6.45) is 1.50. The van der Waals surface area contributed by atoms with Gasteiger partial charge in [0.2, 0.25) is 0 Å². The molecule has 1 fully saturated rings. The molecule has 5 heteroatoms. The summed E-state index contributed by atoms with van der Waals surface area (Å²) in [5.74, 6) is 0.0813. The van der Waals surface area contributed by atoms with E-state index in [4.69, 9.17) is 9.84 Å². The molecule has 1 saturated heterocycles. The fourth-order valence-electron chi connectivity index (χ4n) is 2.63. The van der Waals surface area contributed by atoms with Crippen molar-refractivity contribution in [3.8, 4) is 5.75 Å². The van der Waals surface area contributed by atoms with Crippen molar-refractivity contribution in [1.29, 1.82) is 0 Å². The van der Waals surface area contributed by atoms with Crippen LogP contribution in [0.2, 0.25) is 0 Å². The number of nitrogens with zero attached hydrogens (tertiary/aromatic N) is 2. The molecule has 22 heavy (non-hydrogen) atoms. The Labute approximate surface area is 132 Å². The number of aliphatic carboxylic acids is 1. The lowest BCUT2D eigenvalue weighted by atomic mass is 9.97. The molecular weight excluding hydrogens is 280 g/mol. The van der Waals surface area contributed by atoms with Gasteiger partial charge in [-0.05, 0) is 57.7 Å². The van der Waals surface area contributed by atoms with Crippen molar-refractivity contribution < 1.29 is 14.6 Å². The summed E-state index contributed by atoms with van der Waals surface area (Å²) in [5.41, 5.74) is 1.24. The lowest BCUT2D eigenvalue weighted by molar-refractivity contribution is -0.143. The van der Waals surface area contributed by atoms with Crippen LogP contribution in [0.5, 0.6) is 5.75 Å². The van der Waals surface area contributed by atoms with Gasteiger partial charge in [0.1, 0.15) is 12.4 Å². The van der Waals surface area contributed by atoms with E-state index in [9.17, 15) is 4.79 Å². The van der Waals surface area contributed by atoms with Gasteiger partial charge in [-0.3, -0.25) is 9.69 Å². The van der Waals surface area contributed by atoms with Crippen LogP contribution in [0, 0.1) is 5.92 Å². The molecule has 0 amide bonds. The second kappa shape index (κ2) is 8.15. The number of carbonyl (C=O) groups is 1. The first kappa shape index (κ1) is 16.8. The van der Waals surface area contributed by atoms with Crippen LogP contribution in [-0.4, -0.2) is 61.2 Å². The Morgan fingerprint density at radius 2 is 1.91 bits per heavy atom. The predicted octanol–water partition coefficient (Wildman–Crippen LogP) is 1.92. The normalized spacial score (nSPS) is 16.9. The molecule has 1 heterocycles. The van der Waals surface area contributed by atoms with Crippen LogP contribution in [0.3, 0.4) is 0 Å². The third-order valence-electron chi connectivity index (χ3n) is 4.07. The van der Waals surface area contributed by atoms with E-state index in [2.05, 4.69) is 21.9 Å². The van der Waals surface area contributed by atoms with Gasteiger partial charge in [-0.2, -0.15) is 0 Å². The number of carboxylic acid groups (broad SMARTS) is 1. The van der Waals surface area contributed by atoms with E-state index < -0.39 is 5.97 Å². The van der Waals surface area contributed by atoms with Crippen molar-refractivity contribution >= 4 is 5.97 Å². The Bertz CT molecular complexity index is 465. The fraction of sp³-hybridized carbons (Fsp3) is 0.588. The molecule has 0 atom stereocenters. The highest BCUT2D eigenvalue weighted by Crippen LogP contribution is 2.20. The molecular formula is C17H26N2O3. The minimum absolute atomic E-state index is 0.163. The minimum atomic E-state index is -0.654. The van der Waals surface area contributed by atoms with Gasteiger partial charge in [0, 0.05) is 13.1 Å². The smallest absolute Gasteiger partial charge is 0.306 e. The van der Waals surface area contributed by atoms with Gasteiger partial charge < -0.3 is 14.7 Å². The maximum atomic E-state index is 10.9. The van der Waals surface area contributed by atoms with Crippen LogP contribution in [-0.2, 0) is 11.3 Å². The SMILES string of the molecule is CN(C)CCOc1ccc(CN2CCC(C(=O)O)CC2)cc1. The van der Waals surface area contributed by atoms with E-state index in [0.717, 1.165) is 44.8 Å². The number of hydrogen-bond donors (Lipinski definition) is 1. The van der Waals surface area contributed by atoms with Crippen molar-refractivity contribution in [3.63, 3.8) is 0 Å². The monoisotopic (exact) mass is 306 g/mol. The summed E-state index contributed by atoms with van der Waals surface area (Å²) in [5, 5.41) is 9.01. The fourth-order valence-corrected chi connectivity index (χ4v) is 2.63. The number of ether oxygens (including phenoxy) is 1. The largest absolute Gasteiger partial charge is 0.492 e. The summed E-state index contributed by atoms with van der Waals surface area (Å²) in [7, 11) is 4.06. The van der Waals surface area contributed by atoms with E-state index in [0.29, 0.717) is 6.61 Å². The summed E-state index contributed by atoms with van der Waals surface area (Å²) in [4.78, 5) is 15.4. The standard InChI is InChI=1S/C17H26N2O3/c1-18(2)11-12-22-16-5-3-14(4-6-16)13-19-9-7-15(8-10-19)17(20)21/h3-6,15H,7-13H2,1-2H3,(H,20,21). The van der Waals surface area contributed by atoms with Crippen molar-refractivity contribution in [2.45, 2.75) is 19.4 Å². The summed E-state index contributed by atoms with van der Waals surface area (Å²) in [6.45, 7) is 4.19. The number of piperidine rings is 1. The molecule has 2 rings (SSSR count). The third kappa shape index (κ3) is 5.31. The number of hydrogen-bond acceptors (Lipinski definition) is 4. The third-order valence-corrected chi connectivity index (χ3v) is 4.07. The number of likely N-dealkylation sites (N-methyl/N-ethyl adjacent to an activating group) is 1. The summed E-state index contributed by atoms with van der Waals surface area (Å²) in [6, 6.07) is 8.20. The van der Waals surface area contributed by atoms with Gasteiger partial charge in [-0.1, -0.05) is 12.1 Å². The Morgan fingerprint density at radius 3 is 2.45 bits per heavy atom. The van der Waals surface area contributed by atoms with Crippen molar-refractivity contribution in [2.24, 2.45) is 5.92 Å². The van der Waals surface area contributed by atoms with Gasteiger partial charge in [0.25, 0.3) is 0 Å². The zero-order chi connectivity index (χ0) is 15.9. The highest BCUT2D eigenvalue weighted by molar-refractivity contribution is 5.70. The number of benzene rings is 1. The van der Waals surface area contributed by atoms with E-state index in [1.54, 1.807) is 0 Å². The molecule has 1 N–H and O–H groups in total. The van der Waals surface area contributed by atoms with E-state index in [-0.39, 0.29) is 5.92 Å². The van der Waals surface area contributed by atoms with Crippen LogP contribution < -0.4 is 4.74 Å². The molecule has 1 aliphatic rings. The lowest BCUT2D eigenvalue weighted by Gasteiger charge is -2.30. The van der Waals surface area contributed by atoms with Crippen LogP contribution in [0.4, 0.5) is 0 Å². The summed E-state index contributed by atoms with van der Waals surface area (Å²) >= 11 is 0. The zero-order valence-corrected chi connectivity index (χ0v) is 13.5. The lowest BCUT2D eigenvalue weighted by Crippen LogP contribution is -2.35. The predicted molar refractivity (Wildman–Crippen MR) is 86.1 cm³/mol. The molecule has 1 aliphatic heterocycles. The average Bonchev–Trinajstić information content (AvgIpc) is 2.49. The van der Waals surface area contributed by atoms with Gasteiger partial charge in [-0.25, -0.2) is 0 Å². The van der Waals surface area contributed by atoms with Gasteiger partial charge in [-0.15, -0.1) is 0 Å². The molecule has 1 aromatic rings. The molecule has 0 spiro atoms. The maximum Gasteiger partial charge on any atom is 0.306 e. The molecule has 122 valence electrons. The molecule has 0 aromatic heterocycles. The molecule has 0 saturated carbocycles. The first-order valence-electron chi connectivity index (χ1n) is 7.86. The second-order valence-electron chi connectivity index (χ2n) is 6.18. The van der Waals surface area contributed by atoms with Crippen molar-refractivity contribution in [3.05, 3.63) is 29.8 Å². The van der Waals surface area contributed by atoms with E-state index >= 15 is 0 Å². The molecule has 1 aromatic carbocycles. The molecule has 0 radical (unpaired) electrons. The van der Waals surface area contributed by atoms with Crippen molar-refractivity contribution in [1.82, 2.24) is 9.80 Å². The zero-order valence-electron chi connectivity index (χ0n) is 13.5. The molecule has 0 unspecified atom stereocenters. The van der Waals surface area contributed by atoms with Gasteiger partial charge in [0.15, 0.2) is 0 Å². The van der Waals surface area contributed by atoms with Crippen LogP contribution in [0.25, 0.3) is 0 Å². The van der Waals surface area contributed by atoms with E-state index in [1.807, 2.05) is 26.2 Å². The highest BCUT2D eigenvalue weighted by Gasteiger charge is 2.24. The Hall–Kier alpha value is -1.59. The number of carboxylic acids is 1. The highest BCUT2D eigenvalue weighted by atomic mass is 16.5. The number of rotatable bonds is 7. The molecule has 0 aliphatic carbocycles. The summed E-state index contributed by atoms with van der Waals surface area (Å²) < 4.78 is 5.68. The Morgan fingerprint density at radius 1 is 1.27 bits per heavy atom. The molecule has 5 nitrogen and oxygen atoms in total. The quantitative estimate of drug-likeness (QED) is 0.834. The maximum absolute atomic E-state index is 10.9. The van der Waals surface area contributed by atoms with E-state index in [1.165, 1.54) is 5.56 Å². The Kier molecular flexibility index (Phi) is 6.21. The topological polar surface area (TPSA) is 53.0 Å². The first-order valence-corrected chi connectivity index (χ1v) is 7.86. The van der Waals surface area contributed by atoms with Crippen molar-refractivity contribution in [2.75, 3.05) is 40.3 Å². The molecule has 0 bridgehead atoms. The minimum Gasteiger partial charge on any atom is -0.492 e. The Balaban J connectivity index is 1.76. The van der Waals surface area contributed by atoms with Crippen LogP contribution in [0.15, 0.2) is 24.3 Å². The first-order chi connectivity index (χ1) is 10.5. The van der Waals surface area contributed by atoms with Crippen LogP contribution >= 0.6 is 0 Å².